The SMILES string of the molecule is CCCCNC(=O)Nc1cc(Cl)c(N)cc1C. The molecular weight excluding hydrogens is 238 g/mol. The van der Waals surface area contributed by atoms with Crippen molar-refractivity contribution in [2.75, 3.05) is 17.6 Å². The number of halogens is 1. The van der Waals surface area contributed by atoms with Gasteiger partial charge in [0, 0.05) is 12.2 Å². The average molecular weight is 256 g/mol. The zero-order valence-electron chi connectivity index (χ0n) is 10.1. The quantitative estimate of drug-likeness (QED) is 0.572. The van der Waals surface area contributed by atoms with Crippen molar-refractivity contribution >= 4 is 29.0 Å². The summed E-state index contributed by atoms with van der Waals surface area (Å²) in [6.07, 6.45) is 2.02. The summed E-state index contributed by atoms with van der Waals surface area (Å²) in [5.74, 6) is 0. The van der Waals surface area contributed by atoms with Crippen LogP contribution in [0, 0.1) is 6.92 Å². The van der Waals surface area contributed by atoms with Crippen LogP contribution in [0.4, 0.5) is 16.2 Å². The molecule has 0 aliphatic heterocycles. The molecule has 0 unspecified atom stereocenters. The summed E-state index contributed by atoms with van der Waals surface area (Å²) < 4.78 is 0. The Morgan fingerprint density at radius 2 is 2.18 bits per heavy atom. The topological polar surface area (TPSA) is 67.2 Å². The molecule has 0 saturated heterocycles. The van der Waals surface area contributed by atoms with Crippen LogP contribution in [0.3, 0.4) is 0 Å². The molecule has 0 bridgehead atoms. The summed E-state index contributed by atoms with van der Waals surface area (Å²) in [6, 6.07) is 3.18. The van der Waals surface area contributed by atoms with E-state index in [1.807, 2.05) is 6.92 Å². The maximum Gasteiger partial charge on any atom is 0.319 e. The number of carbonyl (C=O) groups is 1. The fourth-order valence-corrected chi connectivity index (χ4v) is 1.55. The van der Waals surface area contributed by atoms with Gasteiger partial charge in [0.25, 0.3) is 0 Å². The third-order valence-corrected chi connectivity index (χ3v) is 2.74. The first-order valence-electron chi connectivity index (χ1n) is 5.65. The van der Waals surface area contributed by atoms with E-state index >= 15 is 0 Å². The number of unbranched alkanes of at least 4 members (excludes halogenated alkanes) is 1. The van der Waals surface area contributed by atoms with E-state index in [4.69, 9.17) is 17.3 Å². The fourth-order valence-electron chi connectivity index (χ4n) is 1.38. The Kier molecular flexibility index (Phi) is 5.10. The molecule has 0 atom stereocenters. The molecule has 1 aromatic carbocycles. The Bertz CT molecular complexity index is 407. The number of urea groups is 1. The summed E-state index contributed by atoms with van der Waals surface area (Å²) in [4.78, 5) is 11.5. The van der Waals surface area contributed by atoms with Gasteiger partial charge in [0.1, 0.15) is 0 Å². The second kappa shape index (κ2) is 6.35. The van der Waals surface area contributed by atoms with Crippen LogP contribution in [0.2, 0.25) is 5.02 Å². The standard InChI is InChI=1S/C12H18ClN3O/c1-3-4-5-15-12(17)16-11-7-9(13)10(14)6-8(11)2/h6-7H,3-5,14H2,1-2H3,(H2,15,16,17). The van der Waals surface area contributed by atoms with Crippen LogP contribution in [0.1, 0.15) is 25.3 Å². The number of benzene rings is 1. The van der Waals surface area contributed by atoms with E-state index in [0.29, 0.717) is 22.9 Å². The van der Waals surface area contributed by atoms with Crippen molar-refractivity contribution in [1.29, 1.82) is 0 Å². The Morgan fingerprint density at radius 3 is 2.82 bits per heavy atom. The van der Waals surface area contributed by atoms with Gasteiger partial charge in [-0.25, -0.2) is 4.79 Å². The summed E-state index contributed by atoms with van der Waals surface area (Å²) in [5.41, 5.74) is 7.74. The third kappa shape index (κ3) is 4.15. The van der Waals surface area contributed by atoms with Gasteiger partial charge < -0.3 is 16.4 Å². The molecule has 2 amide bonds. The lowest BCUT2D eigenvalue weighted by Crippen LogP contribution is -2.29. The third-order valence-electron chi connectivity index (χ3n) is 2.41. The molecule has 0 aromatic heterocycles. The van der Waals surface area contributed by atoms with Crippen LogP contribution in [0.25, 0.3) is 0 Å². The van der Waals surface area contributed by atoms with Crippen molar-refractivity contribution in [3.8, 4) is 0 Å². The second-order valence-corrected chi connectivity index (χ2v) is 4.33. The zero-order chi connectivity index (χ0) is 12.8. The monoisotopic (exact) mass is 255 g/mol. The van der Waals surface area contributed by atoms with Crippen molar-refractivity contribution in [3.05, 3.63) is 22.7 Å². The molecule has 1 rings (SSSR count). The smallest absolute Gasteiger partial charge is 0.319 e. The molecule has 1 aromatic rings. The Balaban J connectivity index is 2.62. The Labute approximate surface area is 107 Å². The van der Waals surface area contributed by atoms with Crippen LogP contribution >= 0.6 is 11.6 Å². The molecule has 0 saturated carbocycles. The molecule has 94 valence electrons. The molecule has 4 N–H and O–H groups in total. The Hall–Kier alpha value is -1.42. The normalized spacial score (nSPS) is 10.1. The molecular formula is C12H18ClN3O. The van der Waals surface area contributed by atoms with Crippen molar-refractivity contribution in [2.45, 2.75) is 26.7 Å². The van der Waals surface area contributed by atoms with E-state index in [0.717, 1.165) is 18.4 Å². The number of hydrogen-bond acceptors (Lipinski definition) is 2. The van der Waals surface area contributed by atoms with Crippen LogP contribution in [0.15, 0.2) is 12.1 Å². The van der Waals surface area contributed by atoms with Gasteiger partial charge in [-0.05, 0) is 31.0 Å². The van der Waals surface area contributed by atoms with Crippen molar-refractivity contribution < 1.29 is 4.79 Å². The summed E-state index contributed by atoms with van der Waals surface area (Å²) in [6.45, 7) is 4.61. The number of nitrogens with one attached hydrogen (secondary N) is 2. The minimum atomic E-state index is -0.220. The number of rotatable bonds is 4. The van der Waals surface area contributed by atoms with Gasteiger partial charge in [0.15, 0.2) is 0 Å². The molecule has 0 heterocycles. The van der Waals surface area contributed by atoms with E-state index in [9.17, 15) is 4.79 Å². The lowest BCUT2D eigenvalue weighted by Gasteiger charge is -2.11. The van der Waals surface area contributed by atoms with Crippen molar-refractivity contribution in [3.63, 3.8) is 0 Å². The molecule has 0 radical (unpaired) electrons. The summed E-state index contributed by atoms with van der Waals surface area (Å²) in [7, 11) is 0. The zero-order valence-corrected chi connectivity index (χ0v) is 10.9. The highest BCUT2D eigenvalue weighted by Crippen LogP contribution is 2.26. The molecule has 0 aliphatic rings. The fraction of sp³-hybridized carbons (Fsp3) is 0.417. The first kappa shape index (κ1) is 13.6. The number of anilines is 2. The maximum absolute atomic E-state index is 11.5. The van der Waals surface area contributed by atoms with E-state index in [2.05, 4.69) is 17.6 Å². The summed E-state index contributed by atoms with van der Waals surface area (Å²) >= 11 is 5.90. The van der Waals surface area contributed by atoms with E-state index in [1.165, 1.54) is 0 Å². The maximum atomic E-state index is 11.5. The van der Waals surface area contributed by atoms with Gasteiger partial charge in [-0.3, -0.25) is 0 Å². The number of nitrogen functional groups attached to an aromatic ring is 1. The number of amides is 2. The van der Waals surface area contributed by atoms with Gasteiger partial charge in [-0.1, -0.05) is 24.9 Å². The van der Waals surface area contributed by atoms with Gasteiger partial charge in [0.2, 0.25) is 0 Å². The molecule has 0 fully saturated rings. The van der Waals surface area contributed by atoms with Gasteiger partial charge in [0.05, 0.1) is 10.7 Å². The Morgan fingerprint density at radius 1 is 1.47 bits per heavy atom. The molecule has 5 heteroatoms. The van der Waals surface area contributed by atoms with Crippen molar-refractivity contribution in [2.24, 2.45) is 0 Å². The van der Waals surface area contributed by atoms with Gasteiger partial charge >= 0.3 is 6.03 Å². The van der Waals surface area contributed by atoms with Crippen LogP contribution < -0.4 is 16.4 Å². The highest BCUT2D eigenvalue weighted by Gasteiger charge is 2.06. The van der Waals surface area contributed by atoms with Crippen molar-refractivity contribution in [1.82, 2.24) is 5.32 Å². The van der Waals surface area contributed by atoms with E-state index < -0.39 is 0 Å². The molecule has 17 heavy (non-hydrogen) atoms. The minimum Gasteiger partial charge on any atom is -0.398 e. The lowest BCUT2D eigenvalue weighted by atomic mass is 10.2. The number of carbonyl (C=O) groups excluding carboxylic acids is 1. The minimum absolute atomic E-state index is 0.220. The summed E-state index contributed by atoms with van der Waals surface area (Å²) in [5, 5.41) is 5.96. The van der Waals surface area contributed by atoms with Crippen LogP contribution in [0.5, 0.6) is 0 Å². The highest BCUT2D eigenvalue weighted by atomic mass is 35.5. The molecule has 0 aliphatic carbocycles. The first-order chi connectivity index (χ1) is 8.04. The second-order valence-electron chi connectivity index (χ2n) is 3.92. The van der Waals surface area contributed by atoms with E-state index in [1.54, 1.807) is 12.1 Å². The van der Waals surface area contributed by atoms with Crippen LogP contribution in [-0.4, -0.2) is 12.6 Å². The first-order valence-corrected chi connectivity index (χ1v) is 6.03. The molecule has 0 spiro atoms. The highest BCUT2D eigenvalue weighted by molar-refractivity contribution is 6.33. The van der Waals surface area contributed by atoms with Gasteiger partial charge in [-0.15, -0.1) is 0 Å². The number of nitrogens with two attached hydrogens (primary N) is 1. The van der Waals surface area contributed by atoms with Crippen LogP contribution in [-0.2, 0) is 0 Å². The lowest BCUT2D eigenvalue weighted by molar-refractivity contribution is 0.252. The predicted octanol–water partition coefficient (Wildman–Crippen LogP) is 3.15. The van der Waals surface area contributed by atoms with Gasteiger partial charge in [-0.2, -0.15) is 0 Å². The number of aryl methyl sites for hydroxylation is 1. The van der Waals surface area contributed by atoms with E-state index in [-0.39, 0.29) is 6.03 Å². The predicted molar refractivity (Wildman–Crippen MR) is 72.5 cm³/mol. The average Bonchev–Trinajstić information content (AvgIpc) is 2.26. The molecule has 4 nitrogen and oxygen atoms in total. The largest absolute Gasteiger partial charge is 0.398 e. The number of hydrogen-bond donors (Lipinski definition) is 3.